The smallest absolute Gasteiger partial charge is 0.120 e. The van der Waals surface area contributed by atoms with Gasteiger partial charge in [0.25, 0.3) is 0 Å². The van der Waals surface area contributed by atoms with Crippen molar-refractivity contribution in [2.24, 2.45) is 5.11 Å². The van der Waals surface area contributed by atoms with E-state index in [1.54, 1.807) is 7.11 Å². The fourth-order valence-corrected chi connectivity index (χ4v) is 0.746. The second-order valence-corrected chi connectivity index (χ2v) is 2.29. The molecule has 1 fully saturated rings. The van der Waals surface area contributed by atoms with Gasteiger partial charge in [-0.2, -0.15) is 0 Å². The van der Waals surface area contributed by atoms with E-state index in [9.17, 15) is 0 Å². The number of rotatable bonds is 4. The first-order chi connectivity index (χ1) is 4.83. The Morgan fingerprint density at radius 1 is 1.90 bits per heavy atom. The second-order valence-electron chi connectivity index (χ2n) is 2.29. The minimum absolute atomic E-state index is 0.291. The summed E-state index contributed by atoms with van der Waals surface area (Å²) < 4.78 is 9.91. The topological polar surface area (TPSA) is 70.5 Å². The summed E-state index contributed by atoms with van der Waals surface area (Å²) in [6.07, 6.45) is 0. The maximum Gasteiger partial charge on any atom is 0.120 e. The number of ether oxygens (including phenoxy) is 2. The van der Waals surface area contributed by atoms with E-state index in [1.807, 2.05) is 0 Å². The van der Waals surface area contributed by atoms with Gasteiger partial charge in [0, 0.05) is 12.0 Å². The molecule has 0 N–H and O–H groups in total. The van der Waals surface area contributed by atoms with Gasteiger partial charge in [-0.25, -0.2) is 0 Å². The van der Waals surface area contributed by atoms with Gasteiger partial charge >= 0.3 is 0 Å². The zero-order valence-electron chi connectivity index (χ0n) is 5.78. The summed E-state index contributed by atoms with van der Waals surface area (Å²) in [6.45, 7) is 1.52. The van der Waals surface area contributed by atoms with Gasteiger partial charge in [-0.1, -0.05) is 5.11 Å². The molecule has 0 spiro atoms. The maximum atomic E-state index is 7.99. The highest BCUT2D eigenvalue weighted by Crippen LogP contribution is 2.27. The predicted molar refractivity (Wildman–Crippen MR) is 34.6 cm³/mol. The SMILES string of the molecule is COCC1(CN=[N+]=[N-])CO1. The van der Waals surface area contributed by atoms with Gasteiger partial charge in [0.1, 0.15) is 5.60 Å². The number of azide groups is 1. The van der Waals surface area contributed by atoms with E-state index in [-0.39, 0.29) is 5.60 Å². The number of methoxy groups -OCH3 is 1. The molecule has 1 saturated heterocycles. The molecule has 0 bridgehead atoms. The molecule has 0 aromatic heterocycles. The molecule has 5 heteroatoms. The Morgan fingerprint density at radius 3 is 3.00 bits per heavy atom. The summed E-state index contributed by atoms with van der Waals surface area (Å²) >= 11 is 0. The standard InChI is InChI=1S/C5H9N3O2/c1-9-3-5(4-10-5)2-7-8-6/h2-4H2,1H3. The van der Waals surface area contributed by atoms with Gasteiger partial charge in [0.2, 0.25) is 0 Å². The van der Waals surface area contributed by atoms with Crippen molar-refractivity contribution in [3.8, 4) is 0 Å². The molecule has 5 nitrogen and oxygen atoms in total. The fraction of sp³-hybridized carbons (Fsp3) is 1.00. The van der Waals surface area contributed by atoms with E-state index in [1.165, 1.54) is 0 Å². The number of nitrogens with zero attached hydrogens (tertiary/aromatic N) is 3. The third-order valence-electron chi connectivity index (χ3n) is 1.38. The van der Waals surface area contributed by atoms with Crippen molar-refractivity contribution in [2.75, 3.05) is 26.9 Å². The first-order valence-corrected chi connectivity index (χ1v) is 2.97. The Labute approximate surface area is 58.6 Å². The van der Waals surface area contributed by atoms with Crippen LogP contribution in [0.1, 0.15) is 0 Å². The van der Waals surface area contributed by atoms with Crippen LogP contribution in [0.3, 0.4) is 0 Å². The highest BCUT2D eigenvalue weighted by molar-refractivity contribution is 4.94. The van der Waals surface area contributed by atoms with Crippen LogP contribution in [0.5, 0.6) is 0 Å². The number of hydrogen-bond acceptors (Lipinski definition) is 3. The van der Waals surface area contributed by atoms with Gasteiger partial charge in [0.05, 0.1) is 19.8 Å². The second kappa shape index (κ2) is 2.88. The Kier molecular flexibility index (Phi) is 2.11. The Bertz CT molecular complexity index is 160. The van der Waals surface area contributed by atoms with Crippen molar-refractivity contribution in [3.05, 3.63) is 10.4 Å². The third-order valence-corrected chi connectivity index (χ3v) is 1.38. The van der Waals surface area contributed by atoms with Crippen LogP contribution in [0.25, 0.3) is 10.4 Å². The monoisotopic (exact) mass is 143 g/mol. The molecule has 0 amide bonds. The molecule has 0 aliphatic carbocycles. The molecule has 0 aromatic carbocycles. The largest absolute Gasteiger partial charge is 0.382 e. The number of hydrogen-bond donors (Lipinski definition) is 0. The summed E-state index contributed by atoms with van der Waals surface area (Å²) in [7, 11) is 1.60. The van der Waals surface area contributed by atoms with Crippen LogP contribution in [0.4, 0.5) is 0 Å². The van der Waals surface area contributed by atoms with Gasteiger partial charge in [-0.15, -0.1) is 0 Å². The quantitative estimate of drug-likeness (QED) is 0.251. The van der Waals surface area contributed by atoms with Crippen LogP contribution < -0.4 is 0 Å². The molecule has 56 valence electrons. The van der Waals surface area contributed by atoms with Crippen molar-refractivity contribution in [2.45, 2.75) is 5.60 Å². The van der Waals surface area contributed by atoms with Crippen LogP contribution in [0.2, 0.25) is 0 Å². The lowest BCUT2D eigenvalue weighted by atomic mass is 10.2. The summed E-state index contributed by atoms with van der Waals surface area (Å²) in [6, 6.07) is 0. The highest BCUT2D eigenvalue weighted by Gasteiger charge is 2.44. The molecular formula is C5H9N3O2. The van der Waals surface area contributed by atoms with Crippen LogP contribution in [0, 0.1) is 0 Å². The Balaban J connectivity index is 2.29. The molecule has 1 atom stereocenters. The van der Waals surface area contributed by atoms with Crippen LogP contribution in [-0.4, -0.2) is 32.5 Å². The van der Waals surface area contributed by atoms with E-state index in [4.69, 9.17) is 15.0 Å². The average molecular weight is 143 g/mol. The summed E-state index contributed by atoms with van der Waals surface area (Å²) in [5.74, 6) is 0. The van der Waals surface area contributed by atoms with E-state index in [0.717, 1.165) is 0 Å². The Morgan fingerprint density at radius 2 is 2.60 bits per heavy atom. The lowest BCUT2D eigenvalue weighted by Crippen LogP contribution is -2.21. The minimum atomic E-state index is -0.291. The van der Waals surface area contributed by atoms with Crippen molar-refractivity contribution >= 4 is 0 Å². The van der Waals surface area contributed by atoms with E-state index in [0.29, 0.717) is 19.8 Å². The summed E-state index contributed by atoms with van der Waals surface area (Å²) in [4.78, 5) is 2.63. The molecule has 1 rings (SSSR count). The fourth-order valence-electron chi connectivity index (χ4n) is 0.746. The van der Waals surface area contributed by atoms with Gasteiger partial charge in [-0.05, 0) is 5.53 Å². The summed E-state index contributed by atoms with van der Waals surface area (Å²) in [5, 5.41) is 3.40. The van der Waals surface area contributed by atoms with Crippen molar-refractivity contribution in [1.82, 2.24) is 0 Å². The molecule has 0 aromatic rings. The van der Waals surface area contributed by atoms with Crippen molar-refractivity contribution < 1.29 is 9.47 Å². The molecule has 1 unspecified atom stereocenters. The van der Waals surface area contributed by atoms with Gasteiger partial charge < -0.3 is 9.47 Å². The average Bonchev–Trinajstić information content (AvgIpc) is 2.67. The minimum Gasteiger partial charge on any atom is -0.382 e. The zero-order chi connectivity index (χ0) is 7.45. The Hall–Kier alpha value is -0.770. The van der Waals surface area contributed by atoms with Crippen LogP contribution >= 0.6 is 0 Å². The normalized spacial score (nSPS) is 29.3. The van der Waals surface area contributed by atoms with Crippen molar-refractivity contribution in [3.63, 3.8) is 0 Å². The molecular weight excluding hydrogens is 134 g/mol. The lowest BCUT2D eigenvalue weighted by Gasteiger charge is -2.04. The maximum absolute atomic E-state index is 7.99. The van der Waals surface area contributed by atoms with Crippen molar-refractivity contribution in [1.29, 1.82) is 0 Å². The van der Waals surface area contributed by atoms with Gasteiger partial charge in [0.15, 0.2) is 0 Å². The zero-order valence-corrected chi connectivity index (χ0v) is 5.78. The van der Waals surface area contributed by atoms with Crippen LogP contribution in [-0.2, 0) is 9.47 Å². The van der Waals surface area contributed by atoms with Gasteiger partial charge in [-0.3, -0.25) is 0 Å². The molecule has 0 radical (unpaired) electrons. The summed E-state index contributed by atoms with van der Waals surface area (Å²) in [5.41, 5.74) is 7.70. The van der Waals surface area contributed by atoms with E-state index < -0.39 is 0 Å². The first kappa shape index (κ1) is 7.34. The third kappa shape index (κ3) is 1.60. The number of epoxide rings is 1. The molecule has 10 heavy (non-hydrogen) atoms. The first-order valence-electron chi connectivity index (χ1n) is 2.97. The molecule has 1 aliphatic rings. The van der Waals surface area contributed by atoms with Crippen LogP contribution in [0.15, 0.2) is 5.11 Å². The molecule has 1 aliphatic heterocycles. The van der Waals surface area contributed by atoms with E-state index >= 15 is 0 Å². The predicted octanol–water partition coefficient (Wildman–Crippen LogP) is 0.712. The van der Waals surface area contributed by atoms with E-state index in [2.05, 4.69) is 10.0 Å². The molecule has 0 saturated carbocycles. The highest BCUT2D eigenvalue weighted by atomic mass is 16.6. The lowest BCUT2D eigenvalue weighted by molar-refractivity contribution is 0.125. The molecule has 1 heterocycles.